The quantitative estimate of drug-likeness (QED) is 0.556. The fourth-order valence-electron chi connectivity index (χ4n) is 3.48. The van der Waals surface area contributed by atoms with Gasteiger partial charge in [0.05, 0.1) is 24.1 Å². The number of halogens is 2. The number of aryl methyl sites for hydroxylation is 1. The third-order valence-electron chi connectivity index (χ3n) is 5.02. The van der Waals surface area contributed by atoms with E-state index in [1.54, 1.807) is 29.1 Å². The first kappa shape index (κ1) is 20.7. The van der Waals surface area contributed by atoms with Crippen molar-refractivity contribution < 1.29 is 19.1 Å². The minimum absolute atomic E-state index is 0.142. The Hall–Kier alpha value is -3.59. The Morgan fingerprint density at radius 2 is 2.10 bits per heavy atom. The maximum Gasteiger partial charge on any atom is 0.404 e. The van der Waals surface area contributed by atoms with E-state index in [1.807, 2.05) is 6.92 Å². The molecule has 0 spiro atoms. The van der Waals surface area contributed by atoms with Crippen LogP contribution in [0, 0.1) is 5.82 Å². The SMILES string of the molecule is CCn1ncc2c1Nc1cc(Cl)ccc1N(C(=O)c1ccc(CNC(=O)O)c(F)c1)C2. The molecule has 0 atom stereocenters. The van der Waals surface area contributed by atoms with Crippen molar-refractivity contribution in [1.82, 2.24) is 15.1 Å². The zero-order valence-electron chi connectivity index (χ0n) is 16.5. The zero-order chi connectivity index (χ0) is 22.1. The first-order chi connectivity index (χ1) is 14.9. The van der Waals surface area contributed by atoms with Gasteiger partial charge in [-0.2, -0.15) is 5.10 Å². The average molecular weight is 444 g/mol. The van der Waals surface area contributed by atoms with Crippen LogP contribution in [0.3, 0.4) is 0 Å². The summed E-state index contributed by atoms with van der Waals surface area (Å²) in [6, 6.07) is 9.14. The number of carbonyl (C=O) groups is 2. The summed E-state index contributed by atoms with van der Waals surface area (Å²) in [6.07, 6.45) is 0.441. The molecule has 0 fully saturated rings. The summed E-state index contributed by atoms with van der Waals surface area (Å²) in [5, 5.41) is 19.0. The van der Waals surface area contributed by atoms with Gasteiger partial charge >= 0.3 is 6.09 Å². The number of hydrogen-bond acceptors (Lipinski definition) is 4. The summed E-state index contributed by atoms with van der Waals surface area (Å²) in [5.74, 6) is -0.301. The highest BCUT2D eigenvalue weighted by Gasteiger charge is 2.27. The van der Waals surface area contributed by atoms with E-state index in [9.17, 15) is 14.0 Å². The second-order valence-corrected chi connectivity index (χ2v) is 7.41. The van der Waals surface area contributed by atoms with Gasteiger partial charge in [-0.15, -0.1) is 0 Å². The van der Waals surface area contributed by atoms with Gasteiger partial charge in [-0.1, -0.05) is 17.7 Å². The van der Waals surface area contributed by atoms with Crippen LogP contribution in [0.1, 0.15) is 28.4 Å². The van der Waals surface area contributed by atoms with Crippen molar-refractivity contribution in [3.63, 3.8) is 0 Å². The summed E-state index contributed by atoms with van der Waals surface area (Å²) in [5.41, 5.74) is 2.34. The number of rotatable bonds is 4. The summed E-state index contributed by atoms with van der Waals surface area (Å²) in [4.78, 5) is 25.6. The molecule has 1 aliphatic heterocycles. The van der Waals surface area contributed by atoms with Crippen molar-refractivity contribution in [2.45, 2.75) is 26.6 Å². The topological polar surface area (TPSA) is 99.5 Å². The lowest BCUT2D eigenvalue weighted by Gasteiger charge is -2.23. The van der Waals surface area contributed by atoms with Crippen LogP contribution in [0.2, 0.25) is 5.02 Å². The molecule has 1 aromatic heterocycles. The van der Waals surface area contributed by atoms with Crippen LogP contribution in [-0.2, 0) is 19.6 Å². The molecule has 2 amide bonds. The Bertz CT molecular complexity index is 1180. The fraction of sp³-hybridized carbons (Fsp3) is 0.190. The van der Waals surface area contributed by atoms with Crippen molar-refractivity contribution in [2.24, 2.45) is 0 Å². The molecule has 0 saturated carbocycles. The molecule has 0 bridgehead atoms. The molecule has 2 heterocycles. The second kappa shape index (κ2) is 8.27. The Balaban J connectivity index is 1.72. The van der Waals surface area contributed by atoms with E-state index in [0.29, 0.717) is 22.9 Å². The van der Waals surface area contributed by atoms with E-state index in [0.717, 1.165) is 17.4 Å². The number of carbonyl (C=O) groups excluding carboxylic acids is 1. The first-order valence-electron chi connectivity index (χ1n) is 9.55. The van der Waals surface area contributed by atoms with Gasteiger partial charge in [0.15, 0.2) is 0 Å². The number of amides is 2. The maximum absolute atomic E-state index is 14.5. The van der Waals surface area contributed by atoms with Gasteiger partial charge < -0.3 is 20.6 Å². The van der Waals surface area contributed by atoms with E-state index >= 15 is 0 Å². The van der Waals surface area contributed by atoms with Crippen LogP contribution >= 0.6 is 11.6 Å². The highest BCUT2D eigenvalue weighted by Crippen LogP contribution is 2.38. The van der Waals surface area contributed by atoms with E-state index in [1.165, 1.54) is 17.0 Å². The molecule has 3 N–H and O–H groups in total. The lowest BCUT2D eigenvalue weighted by Crippen LogP contribution is -2.30. The predicted octanol–water partition coefficient (Wildman–Crippen LogP) is 4.37. The van der Waals surface area contributed by atoms with Crippen LogP contribution in [0.4, 0.5) is 26.4 Å². The monoisotopic (exact) mass is 443 g/mol. The highest BCUT2D eigenvalue weighted by atomic mass is 35.5. The number of carboxylic acid groups (broad SMARTS) is 1. The molecule has 4 rings (SSSR count). The van der Waals surface area contributed by atoms with E-state index < -0.39 is 17.8 Å². The molecule has 0 aliphatic carbocycles. The number of anilines is 3. The molecule has 10 heteroatoms. The predicted molar refractivity (Wildman–Crippen MR) is 114 cm³/mol. The number of aromatic nitrogens is 2. The van der Waals surface area contributed by atoms with Crippen LogP contribution in [-0.4, -0.2) is 26.9 Å². The third kappa shape index (κ3) is 4.04. The van der Waals surface area contributed by atoms with Crippen molar-refractivity contribution in [1.29, 1.82) is 0 Å². The summed E-state index contributed by atoms with van der Waals surface area (Å²) in [6.45, 7) is 2.65. The molecule has 0 unspecified atom stereocenters. The second-order valence-electron chi connectivity index (χ2n) is 6.98. The molecular weight excluding hydrogens is 425 g/mol. The van der Waals surface area contributed by atoms with E-state index in [-0.39, 0.29) is 24.2 Å². The zero-order valence-corrected chi connectivity index (χ0v) is 17.3. The summed E-state index contributed by atoms with van der Waals surface area (Å²) < 4.78 is 16.3. The Kier molecular flexibility index (Phi) is 5.51. The highest BCUT2D eigenvalue weighted by molar-refractivity contribution is 6.31. The Morgan fingerprint density at radius 1 is 1.29 bits per heavy atom. The lowest BCUT2D eigenvalue weighted by atomic mass is 10.1. The summed E-state index contributed by atoms with van der Waals surface area (Å²) in [7, 11) is 0. The number of nitrogens with zero attached hydrogens (tertiary/aromatic N) is 3. The van der Waals surface area contributed by atoms with Crippen LogP contribution in [0.5, 0.6) is 0 Å². The van der Waals surface area contributed by atoms with Gasteiger partial charge in [0, 0.05) is 34.8 Å². The number of hydrogen-bond donors (Lipinski definition) is 3. The Labute approximate surface area is 182 Å². The number of benzene rings is 2. The van der Waals surface area contributed by atoms with Crippen molar-refractivity contribution in [3.8, 4) is 0 Å². The molecule has 160 valence electrons. The smallest absolute Gasteiger partial charge is 0.404 e. The first-order valence-corrected chi connectivity index (χ1v) is 9.93. The van der Waals surface area contributed by atoms with E-state index in [2.05, 4.69) is 15.7 Å². The van der Waals surface area contributed by atoms with Gasteiger partial charge in [-0.25, -0.2) is 13.9 Å². The number of fused-ring (bicyclic) bond motifs is 2. The Morgan fingerprint density at radius 3 is 2.81 bits per heavy atom. The van der Waals surface area contributed by atoms with Crippen LogP contribution < -0.4 is 15.5 Å². The average Bonchev–Trinajstić information content (AvgIpc) is 3.04. The van der Waals surface area contributed by atoms with Gasteiger partial charge in [-0.3, -0.25) is 4.79 Å². The minimum atomic E-state index is -1.25. The molecule has 8 nitrogen and oxygen atoms in total. The van der Waals surface area contributed by atoms with E-state index in [4.69, 9.17) is 16.7 Å². The fourth-order valence-corrected chi connectivity index (χ4v) is 3.65. The molecular formula is C21H19ClFN5O3. The minimum Gasteiger partial charge on any atom is -0.465 e. The molecule has 3 aromatic rings. The van der Waals surface area contributed by atoms with Gasteiger partial charge in [0.2, 0.25) is 0 Å². The molecule has 31 heavy (non-hydrogen) atoms. The van der Waals surface area contributed by atoms with Crippen molar-refractivity contribution >= 4 is 40.8 Å². The largest absolute Gasteiger partial charge is 0.465 e. The molecule has 2 aromatic carbocycles. The van der Waals surface area contributed by atoms with Gasteiger partial charge in [0.1, 0.15) is 11.6 Å². The van der Waals surface area contributed by atoms with Gasteiger partial charge in [-0.05, 0) is 37.3 Å². The molecule has 0 saturated heterocycles. The standard InChI is InChI=1S/C21H19ClFN5O3/c1-2-28-19-14(10-25-28)11-27(18-6-5-15(22)8-17(18)26-19)20(29)12-3-4-13(16(23)7-12)9-24-21(30)31/h3-8,10,24,26H,2,9,11H2,1H3,(H,30,31). The molecule has 1 aliphatic rings. The lowest BCUT2D eigenvalue weighted by molar-refractivity contribution is 0.0985. The normalized spacial score (nSPS) is 12.4. The third-order valence-corrected chi connectivity index (χ3v) is 5.26. The van der Waals surface area contributed by atoms with Gasteiger partial charge in [0.25, 0.3) is 5.91 Å². The van der Waals surface area contributed by atoms with Crippen molar-refractivity contribution in [2.75, 3.05) is 10.2 Å². The molecule has 0 radical (unpaired) electrons. The maximum atomic E-state index is 14.5. The summed E-state index contributed by atoms with van der Waals surface area (Å²) >= 11 is 6.18. The van der Waals surface area contributed by atoms with Crippen LogP contribution in [0.25, 0.3) is 0 Å². The van der Waals surface area contributed by atoms with Crippen LogP contribution in [0.15, 0.2) is 42.6 Å². The van der Waals surface area contributed by atoms with Crippen molar-refractivity contribution in [3.05, 3.63) is 70.1 Å². The number of nitrogens with one attached hydrogen (secondary N) is 2.